The standard InChI is InChI=1S/C40H54FN3O5/c1-26-23-43(24-27(2)48-26)25-33-35(30-11-15-32(16-12-30)47-22-17-29-9-13-31(41)14-10-29)36(44-20-18-40(7,8)19-21-44)34(28(3)42-33)37(38(45)46)49-39(4,5)6/h9-16,26-27,37H,17-25H2,1-8H3,(H,45,46)/t26?,27?,37-/m0/s1. The molecule has 2 saturated heterocycles. The number of carboxylic acids is 1. The number of carbonyl (C=O) groups is 1. The predicted molar refractivity (Wildman–Crippen MR) is 192 cm³/mol. The van der Waals surface area contributed by atoms with Crippen LogP contribution in [0, 0.1) is 18.2 Å². The van der Waals surface area contributed by atoms with Crippen LogP contribution in [0.25, 0.3) is 11.1 Å². The molecule has 2 aromatic carbocycles. The maximum atomic E-state index is 13.3. The van der Waals surface area contributed by atoms with E-state index in [1.807, 2.05) is 39.8 Å². The number of nitrogens with zero attached hydrogens (tertiary/aromatic N) is 3. The quantitative estimate of drug-likeness (QED) is 0.219. The molecular formula is C40H54FN3O5. The fourth-order valence-electron chi connectivity index (χ4n) is 7.02. The number of morpholine rings is 1. The number of ether oxygens (including phenoxy) is 3. The number of aromatic nitrogens is 1. The molecule has 5 rings (SSSR count). The Kier molecular flexibility index (Phi) is 11.4. The van der Waals surface area contributed by atoms with Crippen LogP contribution in [0.1, 0.15) is 89.9 Å². The van der Waals surface area contributed by atoms with Gasteiger partial charge in [0.05, 0.1) is 35.8 Å². The van der Waals surface area contributed by atoms with Crippen LogP contribution in [0.2, 0.25) is 0 Å². The van der Waals surface area contributed by atoms with E-state index in [4.69, 9.17) is 19.2 Å². The lowest BCUT2D eigenvalue weighted by atomic mass is 9.81. The molecule has 0 saturated carbocycles. The molecule has 3 atom stereocenters. The molecule has 2 unspecified atom stereocenters. The Balaban J connectivity index is 1.60. The van der Waals surface area contributed by atoms with E-state index >= 15 is 0 Å². The van der Waals surface area contributed by atoms with Crippen molar-refractivity contribution in [2.24, 2.45) is 5.41 Å². The Hall–Kier alpha value is -3.53. The van der Waals surface area contributed by atoms with Gasteiger partial charge in [0.15, 0.2) is 6.10 Å². The molecule has 3 aromatic rings. The summed E-state index contributed by atoms with van der Waals surface area (Å²) >= 11 is 0. The summed E-state index contributed by atoms with van der Waals surface area (Å²) in [6.45, 7) is 20.6. The first-order chi connectivity index (χ1) is 23.1. The molecule has 2 aliphatic rings. The highest BCUT2D eigenvalue weighted by molar-refractivity contribution is 5.88. The van der Waals surface area contributed by atoms with Crippen molar-refractivity contribution in [3.05, 3.63) is 76.9 Å². The summed E-state index contributed by atoms with van der Waals surface area (Å²) < 4.78 is 31.8. The first-order valence-electron chi connectivity index (χ1n) is 17.6. The van der Waals surface area contributed by atoms with Crippen LogP contribution < -0.4 is 9.64 Å². The van der Waals surface area contributed by atoms with E-state index < -0.39 is 17.7 Å². The number of aryl methyl sites for hydroxylation is 1. The molecule has 0 spiro atoms. The van der Waals surface area contributed by atoms with Crippen molar-refractivity contribution >= 4 is 11.7 Å². The van der Waals surface area contributed by atoms with Crippen molar-refractivity contribution in [1.82, 2.24) is 9.88 Å². The molecule has 2 fully saturated rings. The summed E-state index contributed by atoms with van der Waals surface area (Å²) in [5, 5.41) is 10.7. The number of hydrogen-bond acceptors (Lipinski definition) is 7. The summed E-state index contributed by atoms with van der Waals surface area (Å²) in [5.74, 6) is -0.555. The van der Waals surface area contributed by atoms with Gasteiger partial charge in [0.2, 0.25) is 0 Å². The minimum absolute atomic E-state index is 0.0966. The summed E-state index contributed by atoms with van der Waals surface area (Å²) in [4.78, 5) is 23.0. The van der Waals surface area contributed by atoms with Gasteiger partial charge in [-0.3, -0.25) is 9.88 Å². The van der Waals surface area contributed by atoms with Gasteiger partial charge in [-0.25, -0.2) is 9.18 Å². The maximum absolute atomic E-state index is 13.3. The second kappa shape index (κ2) is 15.2. The van der Waals surface area contributed by atoms with E-state index in [-0.39, 0.29) is 23.4 Å². The third kappa shape index (κ3) is 9.59. The van der Waals surface area contributed by atoms with Gasteiger partial charge in [-0.2, -0.15) is 0 Å². The lowest BCUT2D eigenvalue weighted by Crippen LogP contribution is -2.45. The van der Waals surface area contributed by atoms with Crippen molar-refractivity contribution in [3.63, 3.8) is 0 Å². The van der Waals surface area contributed by atoms with Gasteiger partial charge < -0.3 is 24.2 Å². The van der Waals surface area contributed by atoms with E-state index in [0.717, 1.165) is 72.8 Å². The topological polar surface area (TPSA) is 84.4 Å². The fraction of sp³-hybridized carbons (Fsp3) is 0.550. The van der Waals surface area contributed by atoms with E-state index in [0.29, 0.717) is 30.8 Å². The summed E-state index contributed by atoms with van der Waals surface area (Å²) in [6.07, 6.45) is 1.63. The van der Waals surface area contributed by atoms with Crippen molar-refractivity contribution < 1.29 is 28.5 Å². The molecule has 8 nitrogen and oxygen atoms in total. The zero-order valence-corrected chi connectivity index (χ0v) is 30.5. The largest absolute Gasteiger partial charge is 0.493 e. The van der Waals surface area contributed by atoms with Gasteiger partial charge >= 0.3 is 5.97 Å². The number of halogens is 1. The highest BCUT2D eigenvalue weighted by atomic mass is 19.1. The van der Waals surface area contributed by atoms with Crippen LogP contribution in [-0.4, -0.2) is 71.6 Å². The van der Waals surface area contributed by atoms with E-state index in [1.54, 1.807) is 12.1 Å². The number of anilines is 1. The Labute approximate surface area is 291 Å². The number of piperidine rings is 1. The molecule has 0 amide bonds. The molecule has 1 N–H and O–H groups in total. The molecule has 0 aliphatic carbocycles. The Morgan fingerprint density at radius 2 is 1.65 bits per heavy atom. The number of benzene rings is 2. The van der Waals surface area contributed by atoms with Crippen LogP contribution in [0.5, 0.6) is 5.75 Å². The maximum Gasteiger partial charge on any atom is 0.337 e. The lowest BCUT2D eigenvalue weighted by molar-refractivity contribution is -0.160. The van der Waals surface area contributed by atoms with E-state index in [2.05, 4.69) is 49.6 Å². The monoisotopic (exact) mass is 675 g/mol. The second-order valence-electron chi connectivity index (χ2n) is 15.6. The van der Waals surface area contributed by atoms with Crippen molar-refractivity contribution in [2.75, 3.05) is 37.7 Å². The first-order valence-corrected chi connectivity index (χ1v) is 17.6. The third-order valence-corrected chi connectivity index (χ3v) is 9.45. The van der Waals surface area contributed by atoms with Gasteiger partial charge in [0.1, 0.15) is 11.6 Å². The normalized spacial score (nSPS) is 20.6. The third-order valence-electron chi connectivity index (χ3n) is 9.45. The lowest BCUT2D eigenvalue weighted by Gasteiger charge is -2.41. The average molecular weight is 676 g/mol. The Morgan fingerprint density at radius 3 is 2.22 bits per heavy atom. The molecular weight excluding hydrogens is 621 g/mol. The van der Waals surface area contributed by atoms with Crippen molar-refractivity contribution in [3.8, 4) is 16.9 Å². The number of carboxylic acid groups (broad SMARTS) is 1. The van der Waals surface area contributed by atoms with Crippen LogP contribution in [0.3, 0.4) is 0 Å². The number of rotatable bonds is 11. The van der Waals surface area contributed by atoms with Crippen LogP contribution in [-0.2, 0) is 27.2 Å². The zero-order valence-electron chi connectivity index (χ0n) is 30.5. The van der Waals surface area contributed by atoms with Gasteiger partial charge in [0, 0.05) is 56.0 Å². The van der Waals surface area contributed by atoms with Gasteiger partial charge in [-0.1, -0.05) is 38.1 Å². The zero-order chi connectivity index (χ0) is 35.5. The first kappa shape index (κ1) is 36.7. The Morgan fingerprint density at radius 1 is 1.04 bits per heavy atom. The molecule has 49 heavy (non-hydrogen) atoms. The van der Waals surface area contributed by atoms with Gasteiger partial charge in [0.25, 0.3) is 0 Å². The summed E-state index contributed by atoms with van der Waals surface area (Å²) in [5.41, 5.74) is 5.49. The van der Waals surface area contributed by atoms with Crippen LogP contribution >= 0.6 is 0 Å². The van der Waals surface area contributed by atoms with E-state index in [1.165, 1.54) is 12.1 Å². The minimum atomic E-state index is -1.19. The molecule has 2 aliphatic heterocycles. The fourth-order valence-corrected chi connectivity index (χ4v) is 7.02. The SMILES string of the molecule is Cc1nc(CN2CC(C)OC(C)C2)c(-c2ccc(OCCc3ccc(F)cc3)cc2)c(N2CCC(C)(C)CC2)c1[C@H](OC(C)(C)C)C(=O)O. The number of pyridine rings is 1. The molecule has 0 radical (unpaired) electrons. The molecule has 266 valence electrons. The average Bonchev–Trinajstić information content (AvgIpc) is 3.00. The van der Waals surface area contributed by atoms with Gasteiger partial charge in [-0.05, 0) is 95.2 Å². The Bertz CT molecular complexity index is 1570. The smallest absolute Gasteiger partial charge is 0.337 e. The molecule has 9 heteroatoms. The van der Waals surface area contributed by atoms with Crippen LogP contribution in [0.4, 0.5) is 10.1 Å². The highest BCUT2D eigenvalue weighted by Gasteiger charge is 2.37. The molecule has 1 aromatic heterocycles. The minimum Gasteiger partial charge on any atom is -0.493 e. The highest BCUT2D eigenvalue weighted by Crippen LogP contribution is 2.45. The van der Waals surface area contributed by atoms with E-state index in [9.17, 15) is 14.3 Å². The number of aliphatic carboxylic acids is 1. The second-order valence-corrected chi connectivity index (χ2v) is 15.6. The number of hydrogen-bond donors (Lipinski definition) is 1. The summed E-state index contributed by atoms with van der Waals surface area (Å²) in [6, 6.07) is 14.5. The molecule has 3 heterocycles. The molecule has 0 bridgehead atoms. The summed E-state index contributed by atoms with van der Waals surface area (Å²) in [7, 11) is 0. The van der Waals surface area contributed by atoms with Gasteiger partial charge in [-0.15, -0.1) is 0 Å². The van der Waals surface area contributed by atoms with Crippen molar-refractivity contribution in [1.29, 1.82) is 0 Å². The predicted octanol–water partition coefficient (Wildman–Crippen LogP) is 7.99. The van der Waals surface area contributed by atoms with Crippen LogP contribution in [0.15, 0.2) is 48.5 Å². The van der Waals surface area contributed by atoms with Crippen molar-refractivity contribution in [2.45, 2.75) is 105 Å².